The van der Waals surface area contributed by atoms with Crippen molar-refractivity contribution in [2.75, 3.05) is 4.90 Å². The fourth-order valence-electron chi connectivity index (χ4n) is 9.74. The Labute approximate surface area is 373 Å². The van der Waals surface area contributed by atoms with Gasteiger partial charge in [0.25, 0.3) is 0 Å². The largest absolute Gasteiger partial charge is 0.310 e. The van der Waals surface area contributed by atoms with E-state index < -0.39 is 0 Å². The van der Waals surface area contributed by atoms with Gasteiger partial charge in [-0.1, -0.05) is 194 Å². The minimum Gasteiger partial charge on any atom is -0.310 e. The lowest BCUT2D eigenvalue weighted by Crippen LogP contribution is -2.10. The number of para-hydroxylation sites is 1. The topological polar surface area (TPSA) is 8.17 Å². The molecular weight excluding hydrogens is 773 g/mol. The number of rotatable bonds is 8. The standard InChI is InChI=1S/C62H42N2/c1-3-14-43(15-4-1)45-32-37-52(38-33-45)63(53-39-34-46(35-40-53)44-28-30-49(31-29-44)56-25-12-18-47-16-7-9-23-55(47)56)54-22-11-19-50(42-54)58-26-13-27-59-62(58)61-57-24-10-8-17-48(57)36-41-60(61)64(59)51-20-5-2-6-21-51/h1-42H. The lowest BCUT2D eigenvalue weighted by Gasteiger charge is -2.26. The molecule has 2 heteroatoms. The van der Waals surface area contributed by atoms with Gasteiger partial charge in [0.15, 0.2) is 0 Å². The van der Waals surface area contributed by atoms with Crippen LogP contribution in [0.5, 0.6) is 0 Å². The fraction of sp³-hybridized carbons (Fsp3) is 0. The molecule has 1 aromatic heterocycles. The highest BCUT2D eigenvalue weighted by Crippen LogP contribution is 2.44. The van der Waals surface area contributed by atoms with Gasteiger partial charge in [0, 0.05) is 33.5 Å². The van der Waals surface area contributed by atoms with Gasteiger partial charge in [0.1, 0.15) is 0 Å². The van der Waals surface area contributed by atoms with Crippen LogP contribution in [0, 0.1) is 0 Å². The summed E-state index contributed by atoms with van der Waals surface area (Å²) in [5, 5.41) is 7.54. The summed E-state index contributed by atoms with van der Waals surface area (Å²) >= 11 is 0. The zero-order chi connectivity index (χ0) is 42.4. The minimum absolute atomic E-state index is 1.09. The number of hydrogen-bond acceptors (Lipinski definition) is 1. The van der Waals surface area contributed by atoms with Crippen LogP contribution in [0.2, 0.25) is 0 Å². The summed E-state index contributed by atoms with van der Waals surface area (Å²) in [5.41, 5.74) is 16.4. The van der Waals surface area contributed by atoms with E-state index in [4.69, 9.17) is 0 Å². The smallest absolute Gasteiger partial charge is 0.0547 e. The van der Waals surface area contributed by atoms with Crippen molar-refractivity contribution in [2.45, 2.75) is 0 Å². The van der Waals surface area contributed by atoms with E-state index in [9.17, 15) is 0 Å². The van der Waals surface area contributed by atoms with Crippen LogP contribution in [0.3, 0.4) is 0 Å². The first-order chi connectivity index (χ1) is 31.7. The zero-order valence-corrected chi connectivity index (χ0v) is 35.1. The quantitative estimate of drug-likeness (QED) is 0.148. The third-order valence-corrected chi connectivity index (χ3v) is 12.8. The van der Waals surface area contributed by atoms with Crippen LogP contribution >= 0.6 is 0 Å². The Morgan fingerprint density at radius 3 is 1.45 bits per heavy atom. The molecule has 12 aromatic rings. The van der Waals surface area contributed by atoms with Gasteiger partial charge in [0.05, 0.1) is 11.0 Å². The Bertz CT molecular complexity index is 3620. The van der Waals surface area contributed by atoms with Crippen LogP contribution in [0.15, 0.2) is 255 Å². The van der Waals surface area contributed by atoms with Crippen molar-refractivity contribution in [3.8, 4) is 50.2 Å². The first kappa shape index (κ1) is 37.3. The molecule has 0 aliphatic rings. The summed E-state index contributed by atoms with van der Waals surface area (Å²) in [5.74, 6) is 0. The Morgan fingerprint density at radius 1 is 0.266 bits per heavy atom. The summed E-state index contributed by atoms with van der Waals surface area (Å²) in [4.78, 5) is 2.38. The van der Waals surface area contributed by atoms with Crippen molar-refractivity contribution >= 4 is 60.4 Å². The van der Waals surface area contributed by atoms with Gasteiger partial charge in [0.2, 0.25) is 0 Å². The Hall–Kier alpha value is -8.46. The van der Waals surface area contributed by atoms with E-state index >= 15 is 0 Å². The van der Waals surface area contributed by atoms with E-state index in [0.29, 0.717) is 0 Å². The van der Waals surface area contributed by atoms with Gasteiger partial charge in [-0.05, 0) is 127 Å². The highest BCUT2D eigenvalue weighted by molar-refractivity contribution is 6.25. The van der Waals surface area contributed by atoms with Crippen molar-refractivity contribution in [1.29, 1.82) is 0 Å². The number of aromatic nitrogens is 1. The van der Waals surface area contributed by atoms with E-state index in [0.717, 1.165) is 28.3 Å². The molecule has 0 bridgehead atoms. The maximum absolute atomic E-state index is 2.42. The molecule has 0 unspecified atom stereocenters. The minimum atomic E-state index is 1.09. The van der Waals surface area contributed by atoms with Gasteiger partial charge in [-0.3, -0.25) is 0 Å². The molecule has 0 spiro atoms. The summed E-state index contributed by atoms with van der Waals surface area (Å²) in [6.45, 7) is 0. The first-order valence-corrected chi connectivity index (χ1v) is 22.0. The molecule has 0 saturated heterocycles. The van der Waals surface area contributed by atoms with E-state index in [2.05, 4.69) is 264 Å². The van der Waals surface area contributed by atoms with Gasteiger partial charge < -0.3 is 9.47 Å². The van der Waals surface area contributed by atoms with Crippen LogP contribution in [-0.2, 0) is 0 Å². The van der Waals surface area contributed by atoms with E-state index in [1.165, 1.54) is 82.3 Å². The number of hydrogen-bond donors (Lipinski definition) is 0. The molecule has 0 saturated carbocycles. The predicted molar refractivity (Wildman–Crippen MR) is 272 cm³/mol. The second-order valence-corrected chi connectivity index (χ2v) is 16.5. The Kier molecular flexibility index (Phi) is 9.20. The van der Waals surface area contributed by atoms with Gasteiger partial charge in [-0.15, -0.1) is 0 Å². The fourth-order valence-corrected chi connectivity index (χ4v) is 9.74. The molecule has 0 atom stereocenters. The maximum Gasteiger partial charge on any atom is 0.0547 e. The van der Waals surface area contributed by atoms with Crippen LogP contribution in [-0.4, -0.2) is 4.57 Å². The number of fused-ring (bicyclic) bond motifs is 6. The maximum atomic E-state index is 2.42. The average molecular weight is 815 g/mol. The van der Waals surface area contributed by atoms with Crippen LogP contribution in [0.1, 0.15) is 0 Å². The highest BCUT2D eigenvalue weighted by atomic mass is 15.1. The number of nitrogens with zero attached hydrogens (tertiary/aromatic N) is 2. The molecule has 300 valence electrons. The summed E-state index contributed by atoms with van der Waals surface area (Å²) in [7, 11) is 0. The molecule has 0 amide bonds. The molecule has 12 rings (SSSR count). The SMILES string of the molecule is c1ccc(-c2ccc(N(c3ccc(-c4ccc(-c5cccc6ccccc56)cc4)cc3)c3cccc(-c4cccc5c4c4c6ccccc6ccc4n5-c4ccccc4)c3)cc2)cc1. The average Bonchev–Trinajstić information content (AvgIpc) is 3.73. The summed E-state index contributed by atoms with van der Waals surface area (Å²) < 4.78 is 2.42. The molecule has 11 aromatic carbocycles. The summed E-state index contributed by atoms with van der Waals surface area (Å²) in [6, 6.07) is 92.6. The van der Waals surface area contributed by atoms with E-state index in [1.807, 2.05) is 0 Å². The molecule has 0 radical (unpaired) electrons. The molecule has 64 heavy (non-hydrogen) atoms. The van der Waals surface area contributed by atoms with Gasteiger partial charge in [-0.25, -0.2) is 0 Å². The third kappa shape index (κ3) is 6.52. The van der Waals surface area contributed by atoms with Crippen molar-refractivity contribution in [3.05, 3.63) is 255 Å². The normalized spacial score (nSPS) is 11.4. The molecule has 1 heterocycles. The van der Waals surface area contributed by atoms with Crippen molar-refractivity contribution in [2.24, 2.45) is 0 Å². The molecular formula is C62H42N2. The van der Waals surface area contributed by atoms with Crippen molar-refractivity contribution in [1.82, 2.24) is 4.57 Å². The van der Waals surface area contributed by atoms with Crippen molar-refractivity contribution in [3.63, 3.8) is 0 Å². The lowest BCUT2D eigenvalue weighted by molar-refractivity contribution is 1.18. The number of anilines is 3. The van der Waals surface area contributed by atoms with Crippen molar-refractivity contribution < 1.29 is 0 Å². The van der Waals surface area contributed by atoms with Crippen LogP contribution < -0.4 is 4.90 Å². The second kappa shape index (κ2) is 15.8. The lowest BCUT2D eigenvalue weighted by atomic mass is 9.96. The monoisotopic (exact) mass is 814 g/mol. The second-order valence-electron chi connectivity index (χ2n) is 16.5. The zero-order valence-electron chi connectivity index (χ0n) is 35.1. The van der Waals surface area contributed by atoms with Crippen LogP contribution in [0.4, 0.5) is 17.1 Å². The molecule has 0 aliphatic heterocycles. The highest BCUT2D eigenvalue weighted by Gasteiger charge is 2.20. The molecule has 2 nitrogen and oxygen atoms in total. The first-order valence-electron chi connectivity index (χ1n) is 22.0. The van der Waals surface area contributed by atoms with Gasteiger partial charge >= 0.3 is 0 Å². The predicted octanol–water partition coefficient (Wildman–Crippen LogP) is 17.2. The van der Waals surface area contributed by atoms with Gasteiger partial charge in [-0.2, -0.15) is 0 Å². The number of benzene rings is 11. The van der Waals surface area contributed by atoms with E-state index in [-0.39, 0.29) is 0 Å². The molecule has 0 N–H and O–H groups in total. The Morgan fingerprint density at radius 2 is 0.750 bits per heavy atom. The van der Waals surface area contributed by atoms with E-state index in [1.54, 1.807) is 0 Å². The summed E-state index contributed by atoms with van der Waals surface area (Å²) in [6.07, 6.45) is 0. The Balaban J connectivity index is 0.976. The van der Waals surface area contributed by atoms with Crippen LogP contribution in [0.25, 0.3) is 93.5 Å². The molecule has 0 aliphatic carbocycles. The molecule has 0 fully saturated rings. The third-order valence-electron chi connectivity index (χ3n) is 12.8.